The summed E-state index contributed by atoms with van der Waals surface area (Å²) < 4.78 is 4.98. The van der Waals surface area contributed by atoms with Gasteiger partial charge < -0.3 is 0 Å². The summed E-state index contributed by atoms with van der Waals surface area (Å²) in [7, 11) is 0. The Hall–Kier alpha value is -1.57. The van der Waals surface area contributed by atoms with E-state index in [1.165, 1.54) is 153 Å². The van der Waals surface area contributed by atoms with Crippen LogP contribution < -0.4 is 4.57 Å². The lowest BCUT2D eigenvalue weighted by atomic mass is 10.0. The second-order valence-electron chi connectivity index (χ2n) is 10.7. The third kappa shape index (κ3) is 13.3. The normalized spacial score (nSPS) is 11.4. The van der Waals surface area contributed by atoms with Crippen LogP contribution in [-0.2, 0) is 13.0 Å². The van der Waals surface area contributed by atoms with Crippen molar-refractivity contribution in [1.82, 2.24) is 4.57 Å². The monoisotopic (exact) mass is 481 g/mol. The standard InChI is InChI=1S/C33H57N2/c1-3-5-7-9-11-13-14-15-16-17-19-24-28-33-34(29-25-20-18-12-10-8-6-4-2)30-31-35(33)32-26-22-21-23-27-32/h21-23,26-27,30-31H,3-20,24-25,28-29H2,1-2H3/q+1. The van der Waals surface area contributed by atoms with Crippen LogP contribution in [0.3, 0.4) is 0 Å². The number of nitrogens with zero attached hydrogens (tertiary/aromatic N) is 2. The van der Waals surface area contributed by atoms with Gasteiger partial charge in [0.1, 0.15) is 18.1 Å². The second-order valence-corrected chi connectivity index (χ2v) is 10.7. The van der Waals surface area contributed by atoms with Crippen LogP contribution in [0.15, 0.2) is 42.7 Å². The second kappa shape index (κ2) is 20.6. The maximum Gasteiger partial charge on any atom is 0.261 e. The predicted octanol–water partition coefficient (Wildman–Crippen LogP) is 10.1. The molecule has 2 nitrogen and oxygen atoms in total. The van der Waals surface area contributed by atoms with Crippen molar-refractivity contribution in [2.75, 3.05) is 0 Å². The molecular formula is C33H57N2+. The van der Waals surface area contributed by atoms with Crippen molar-refractivity contribution in [2.45, 2.75) is 155 Å². The van der Waals surface area contributed by atoms with E-state index < -0.39 is 0 Å². The van der Waals surface area contributed by atoms with Crippen LogP contribution in [0.4, 0.5) is 0 Å². The van der Waals surface area contributed by atoms with Crippen molar-refractivity contribution < 1.29 is 4.57 Å². The van der Waals surface area contributed by atoms with Gasteiger partial charge in [0.15, 0.2) is 0 Å². The van der Waals surface area contributed by atoms with Crippen LogP contribution in [0, 0.1) is 0 Å². The van der Waals surface area contributed by atoms with E-state index >= 15 is 0 Å². The molecule has 198 valence electrons. The van der Waals surface area contributed by atoms with E-state index in [9.17, 15) is 0 Å². The molecular weight excluding hydrogens is 424 g/mol. The van der Waals surface area contributed by atoms with E-state index in [0.29, 0.717) is 0 Å². The van der Waals surface area contributed by atoms with Crippen LogP contribution in [0.5, 0.6) is 0 Å². The fourth-order valence-corrected chi connectivity index (χ4v) is 5.29. The molecule has 0 aliphatic heterocycles. The molecule has 0 saturated carbocycles. The van der Waals surface area contributed by atoms with Gasteiger partial charge in [0.2, 0.25) is 0 Å². The molecule has 2 heteroatoms. The first-order chi connectivity index (χ1) is 17.4. The lowest BCUT2D eigenvalue weighted by Gasteiger charge is -2.07. The Morgan fingerprint density at radius 3 is 1.51 bits per heavy atom. The Kier molecular flexibility index (Phi) is 17.5. The molecule has 35 heavy (non-hydrogen) atoms. The number of imidazole rings is 1. The van der Waals surface area contributed by atoms with Crippen molar-refractivity contribution in [3.63, 3.8) is 0 Å². The molecule has 0 amide bonds. The van der Waals surface area contributed by atoms with Gasteiger partial charge in [-0.15, -0.1) is 0 Å². The van der Waals surface area contributed by atoms with Crippen molar-refractivity contribution in [1.29, 1.82) is 0 Å². The highest BCUT2D eigenvalue weighted by Crippen LogP contribution is 2.15. The summed E-state index contributed by atoms with van der Waals surface area (Å²) in [5.41, 5.74) is 1.30. The van der Waals surface area contributed by atoms with E-state index in [0.717, 1.165) is 0 Å². The number of unbranched alkanes of at least 4 members (excludes halogenated alkanes) is 18. The quantitative estimate of drug-likeness (QED) is 0.110. The number of rotatable bonds is 23. The van der Waals surface area contributed by atoms with Gasteiger partial charge in [-0.3, -0.25) is 0 Å². The summed E-state index contributed by atoms with van der Waals surface area (Å²) in [5, 5.41) is 0. The Labute approximate surface area is 218 Å². The van der Waals surface area contributed by atoms with E-state index in [1.807, 2.05) is 0 Å². The van der Waals surface area contributed by atoms with E-state index in [1.54, 1.807) is 0 Å². The van der Waals surface area contributed by atoms with Gasteiger partial charge >= 0.3 is 0 Å². The zero-order valence-corrected chi connectivity index (χ0v) is 23.5. The largest absolute Gasteiger partial charge is 0.261 e. The predicted molar refractivity (Wildman–Crippen MR) is 153 cm³/mol. The molecule has 0 radical (unpaired) electrons. The summed E-state index contributed by atoms with van der Waals surface area (Å²) >= 11 is 0. The third-order valence-corrected chi connectivity index (χ3v) is 7.55. The highest BCUT2D eigenvalue weighted by molar-refractivity contribution is 5.31. The summed E-state index contributed by atoms with van der Waals surface area (Å²) in [5.74, 6) is 1.49. The molecule has 0 fully saturated rings. The van der Waals surface area contributed by atoms with E-state index in [4.69, 9.17) is 0 Å². The van der Waals surface area contributed by atoms with Crippen molar-refractivity contribution in [3.8, 4) is 5.69 Å². The molecule has 0 bridgehead atoms. The molecule has 1 aromatic heterocycles. The molecule has 1 heterocycles. The Morgan fingerprint density at radius 2 is 1.00 bits per heavy atom. The number of para-hydroxylation sites is 1. The van der Waals surface area contributed by atoms with Gasteiger partial charge in [-0.2, -0.15) is 4.57 Å². The van der Waals surface area contributed by atoms with Crippen LogP contribution in [0.1, 0.15) is 148 Å². The summed E-state index contributed by atoms with van der Waals surface area (Å²) in [6.45, 7) is 5.77. The van der Waals surface area contributed by atoms with Crippen molar-refractivity contribution in [2.24, 2.45) is 0 Å². The molecule has 0 N–H and O–H groups in total. The minimum absolute atomic E-state index is 1.17. The van der Waals surface area contributed by atoms with Crippen LogP contribution in [0.25, 0.3) is 5.69 Å². The number of hydrogen-bond donors (Lipinski definition) is 0. The highest BCUT2D eigenvalue weighted by Gasteiger charge is 2.18. The summed E-state index contributed by atoms with van der Waals surface area (Å²) in [4.78, 5) is 0. The van der Waals surface area contributed by atoms with Crippen molar-refractivity contribution >= 4 is 0 Å². The van der Waals surface area contributed by atoms with Crippen molar-refractivity contribution in [3.05, 3.63) is 48.5 Å². The zero-order chi connectivity index (χ0) is 24.8. The maximum absolute atomic E-state index is 2.54. The molecule has 0 aliphatic carbocycles. The lowest BCUT2D eigenvalue weighted by molar-refractivity contribution is -0.704. The Bertz CT molecular complexity index is 718. The first-order valence-corrected chi connectivity index (χ1v) is 15.5. The average Bonchev–Trinajstić information content (AvgIpc) is 3.29. The fourth-order valence-electron chi connectivity index (χ4n) is 5.29. The zero-order valence-electron chi connectivity index (χ0n) is 23.5. The molecule has 0 unspecified atom stereocenters. The fraction of sp³-hybridized carbons (Fsp3) is 0.727. The summed E-state index contributed by atoms with van der Waals surface area (Å²) in [6.07, 6.45) is 33.9. The maximum atomic E-state index is 2.54. The molecule has 0 aliphatic rings. The van der Waals surface area contributed by atoms with E-state index in [-0.39, 0.29) is 0 Å². The molecule has 1 aromatic carbocycles. The van der Waals surface area contributed by atoms with Gasteiger partial charge in [0.05, 0.1) is 6.54 Å². The molecule has 2 aromatic rings. The smallest absolute Gasteiger partial charge is 0.234 e. The highest BCUT2D eigenvalue weighted by atomic mass is 15.1. The third-order valence-electron chi connectivity index (χ3n) is 7.55. The molecule has 0 atom stereocenters. The van der Waals surface area contributed by atoms with Gasteiger partial charge in [0.25, 0.3) is 5.82 Å². The SMILES string of the molecule is CCCCCCCCCCCCCCc1n(-c2ccccc2)cc[n+]1CCCCCCCCCC. The number of benzene rings is 1. The van der Waals surface area contributed by atoms with Crippen LogP contribution >= 0.6 is 0 Å². The van der Waals surface area contributed by atoms with Gasteiger partial charge in [-0.05, 0) is 31.4 Å². The first-order valence-electron chi connectivity index (χ1n) is 15.5. The average molecular weight is 482 g/mol. The topological polar surface area (TPSA) is 8.81 Å². The Balaban J connectivity index is 1.69. The van der Waals surface area contributed by atoms with Gasteiger partial charge in [0, 0.05) is 6.42 Å². The number of hydrogen-bond acceptors (Lipinski definition) is 0. The minimum atomic E-state index is 1.17. The summed E-state index contributed by atoms with van der Waals surface area (Å²) in [6, 6.07) is 10.9. The molecule has 0 saturated heterocycles. The molecule has 0 spiro atoms. The van der Waals surface area contributed by atoms with Crippen LogP contribution in [-0.4, -0.2) is 4.57 Å². The van der Waals surface area contributed by atoms with Gasteiger partial charge in [-0.1, -0.05) is 141 Å². The van der Waals surface area contributed by atoms with Crippen LogP contribution in [0.2, 0.25) is 0 Å². The van der Waals surface area contributed by atoms with E-state index in [2.05, 4.69) is 65.7 Å². The number of aryl methyl sites for hydroxylation is 1. The first kappa shape index (κ1) is 29.7. The minimum Gasteiger partial charge on any atom is -0.234 e. The molecule has 2 rings (SSSR count). The Morgan fingerprint density at radius 1 is 0.543 bits per heavy atom. The number of aromatic nitrogens is 2. The lowest BCUT2D eigenvalue weighted by Crippen LogP contribution is -2.37. The van der Waals surface area contributed by atoms with Gasteiger partial charge in [-0.25, -0.2) is 4.57 Å².